The lowest BCUT2D eigenvalue weighted by atomic mass is 9.83. The Morgan fingerprint density at radius 2 is 1.89 bits per heavy atom. The van der Waals surface area contributed by atoms with Gasteiger partial charge in [-0.3, -0.25) is 9.59 Å². The molecule has 0 unspecified atom stereocenters. The fourth-order valence-electron chi connectivity index (χ4n) is 3.48. The largest absolute Gasteiger partial charge is 0.485 e. The second kappa shape index (κ2) is 6.99. The first-order chi connectivity index (χ1) is 12.7. The number of carbonyl (C=O) groups is 2. The van der Waals surface area contributed by atoms with Crippen molar-refractivity contribution in [1.29, 1.82) is 0 Å². The molecule has 1 aliphatic heterocycles. The number of carbonyl (C=O) groups excluding carboxylic acids is 2. The van der Waals surface area contributed by atoms with E-state index in [4.69, 9.17) is 4.74 Å². The molecular formula is C22H22FNO3. The number of fused-ring (bicyclic) bond motifs is 1. The number of benzene rings is 2. The molecule has 0 spiro atoms. The van der Waals surface area contributed by atoms with E-state index in [0.717, 1.165) is 23.0 Å². The smallest absolute Gasteiger partial charge is 0.194 e. The summed E-state index contributed by atoms with van der Waals surface area (Å²) in [4.78, 5) is 25.7. The van der Waals surface area contributed by atoms with E-state index in [0.29, 0.717) is 0 Å². The third kappa shape index (κ3) is 3.50. The molecule has 0 aromatic heterocycles. The number of para-hydroxylation sites is 1. The van der Waals surface area contributed by atoms with Crippen molar-refractivity contribution < 1.29 is 18.7 Å². The Labute approximate surface area is 158 Å². The molecule has 0 atom stereocenters. The fraction of sp³-hybridized carbons (Fsp3) is 0.273. The van der Waals surface area contributed by atoms with Crippen LogP contribution < -0.4 is 9.64 Å². The summed E-state index contributed by atoms with van der Waals surface area (Å²) in [5.74, 6) is -1.01. The van der Waals surface area contributed by atoms with Crippen molar-refractivity contribution in [3.05, 3.63) is 71.2 Å². The summed E-state index contributed by atoms with van der Waals surface area (Å²) in [6.07, 6.45) is 1.58. The zero-order valence-corrected chi connectivity index (χ0v) is 15.9. The van der Waals surface area contributed by atoms with E-state index >= 15 is 0 Å². The van der Waals surface area contributed by atoms with Crippen LogP contribution in [0.2, 0.25) is 0 Å². The molecule has 2 aromatic carbocycles. The van der Waals surface area contributed by atoms with E-state index in [2.05, 4.69) is 19.9 Å². The van der Waals surface area contributed by atoms with Crippen LogP contribution in [0.3, 0.4) is 0 Å². The van der Waals surface area contributed by atoms with Crippen molar-refractivity contribution in [3.8, 4) is 5.75 Å². The summed E-state index contributed by atoms with van der Waals surface area (Å²) < 4.78 is 19.3. The molecule has 0 fully saturated rings. The van der Waals surface area contributed by atoms with E-state index in [1.165, 1.54) is 19.1 Å². The molecule has 0 bridgehead atoms. The minimum absolute atomic E-state index is 0.00268. The van der Waals surface area contributed by atoms with E-state index < -0.39 is 5.82 Å². The van der Waals surface area contributed by atoms with Crippen LogP contribution in [0.15, 0.2) is 54.2 Å². The van der Waals surface area contributed by atoms with Gasteiger partial charge in [0, 0.05) is 36.0 Å². The Morgan fingerprint density at radius 3 is 2.52 bits per heavy atom. The molecule has 1 aliphatic rings. The van der Waals surface area contributed by atoms with Crippen molar-refractivity contribution in [2.75, 3.05) is 18.6 Å². The molecule has 0 N–H and O–H groups in total. The molecule has 4 nitrogen and oxygen atoms in total. The van der Waals surface area contributed by atoms with E-state index in [1.54, 1.807) is 6.08 Å². The van der Waals surface area contributed by atoms with Gasteiger partial charge in [0.1, 0.15) is 11.6 Å². The lowest BCUT2D eigenvalue weighted by molar-refractivity contribution is -0.116. The number of anilines is 1. The lowest BCUT2D eigenvalue weighted by Crippen LogP contribution is -2.25. The highest BCUT2D eigenvalue weighted by atomic mass is 19.1. The predicted molar refractivity (Wildman–Crippen MR) is 103 cm³/mol. The van der Waals surface area contributed by atoms with Crippen LogP contribution in [-0.2, 0) is 10.2 Å². The molecule has 3 rings (SSSR count). The van der Waals surface area contributed by atoms with Gasteiger partial charge < -0.3 is 9.64 Å². The summed E-state index contributed by atoms with van der Waals surface area (Å²) in [5.41, 5.74) is 2.83. The monoisotopic (exact) mass is 367 g/mol. The number of ether oxygens (including phenoxy) is 1. The number of hydrogen-bond donors (Lipinski definition) is 0. The quantitative estimate of drug-likeness (QED) is 0.584. The van der Waals surface area contributed by atoms with Gasteiger partial charge in [0.05, 0.1) is 5.56 Å². The number of allylic oxidation sites excluding steroid dienone is 1. The molecule has 0 aliphatic carbocycles. The van der Waals surface area contributed by atoms with Gasteiger partial charge in [0.2, 0.25) is 0 Å². The number of likely N-dealkylation sites (N-methyl/N-ethyl adjacent to an activating group) is 1. The Morgan fingerprint density at radius 1 is 1.19 bits per heavy atom. The fourth-order valence-corrected chi connectivity index (χ4v) is 3.48. The first-order valence-electron chi connectivity index (χ1n) is 8.73. The van der Waals surface area contributed by atoms with Crippen LogP contribution >= 0.6 is 0 Å². The molecule has 0 amide bonds. The molecule has 140 valence electrons. The SMILES string of the molecule is CC(=O)c1ccc(OCC(=O)C=C2N(C)c3ccccc3C2(C)C)cc1F. The second-order valence-electron chi connectivity index (χ2n) is 7.18. The van der Waals surface area contributed by atoms with E-state index in [-0.39, 0.29) is 34.9 Å². The van der Waals surface area contributed by atoms with Gasteiger partial charge >= 0.3 is 0 Å². The van der Waals surface area contributed by atoms with Crippen LogP contribution in [0.1, 0.15) is 36.7 Å². The lowest BCUT2D eigenvalue weighted by Gasteiger charge is -2.23. The standard InChI is InChI=1S/C22H22FNO3/c1-14(25)17-10-9-16(12-19(17)23)27-13-15(26)11-21-22(2,3)18-7-5-6-8-20(18)24(21)4/h5-12H,13H2,1-4H3. The average Bonchev–Trinajstić information content (AvgIpc) is 2.81. The first kappa shape index (κ1) is 18.8. The molecule has 0 saturated carbocycles. The van der Waals surface area contributed by atoms with E-state index in [1.807, 2.05) is 30.1 Å². The highest BCUT2D eigenvalue weighted by Gasteiger charge is 2.38. The third-order valence-corrected chi connectivity index (χ3v) is 4.94. The van der Waals surface area contributed by atoms with Crippen LogP contribution in [-0.4, -0.2) is 25.2 Å². The molecule has 0 radical (unpaired) electrons. The van der Waals surface area contributed by atoms with Crippen molar-refractivity contribution >= 4 is 17.3 Å². The maximum Gasteiger partial charge on any atom is 0.194 e. The predicted octanol–water partition coefficient (Wildman–Crippen LogP) is 4.29. The van der Waals surface area contributed by atoms with Gasteiger partial charge in [-0.1, -0.05) is 32.0 Å². The maximum atomic E-state index is 13.9. The number of Topliss-reactive ketones (excluding diaryl/α,β-unsaturated/α-hetero) is 1. The molecule has 5 heteroatoms. The number of ketones is 2. The van der Waals surface area contributed by atoms with Crippen LogP contribution in [0.5, 0.6) is 5.75 Å². The summed E-state index contributed by atoms with van der Waals surface area (Å²) in [6, 6.07) is 12.0. The van der Waals surface area contributed by atoms with Crippen LogP contribution in [0.4, 0.5) is 10.1 Å². The third-order valence-electron chi connectivity index (χ3n) is 4.94. The Bertz CT molecular complexity index is 946. The zero-order valence-electron chi connectivity index (χ0n) is 15.9. The maximum absolute atomic E-state index is 13.9. The highest BCUT2D eigenvalue weighted by molar-refractivity contribution is 5.95. The van der Waals surface area contributed by atoms with Crippen molar-refractivity contribution in [1.82, 2.24) is 0 Å². The van der Waals surface area contributed by atoms with Crippen LogP contribution in [0, 0.1) is 5.82 Å². The van der Waals surface area contributed by atoms with Gasteiger partial charge in [-0.15, -0.1) is 0 Å². The Balaban J connectivity index is 1.74. The van der Waals surface area contributed by atoms with Crippen molar-refractivity contribution in [3.63, 3.8) is 0 Å². The summed E-state index contributed by atoms with van der Waals surface area (Å²) in [5, 5.41) is 0. The number of rotatable bonds is 5. The van der Waals surface area contributed by atoms with Gasteiger partial charge in [0.15, 0.2) is 18.2 Å². The number of nitrogens with zero attached hydrogens (tertiary/aromatic N) is 1. The highest BCUT2D eigenvalue weighted by Crippen LogP contribution is 2.46. The van der Waals surface area contributed by atoms with Crippen LogP contribution in [0.25, 0.3) is 0 Å². The van der Waals surface area contributed by atoms with Gasteiger partial charge in [-0.2, -0.15) is 0 Å². The molecule has 27 heavy (non-hydrogen) atoms. The van der Waals surface area contributed by atoms with Gasteiger partial charge in [0.25, 0.3) is 0 Å². The second-order valence-corrected chi connectivity index (χ2v) is 7.18. The summed E-state index contributed by atoms with van der Waals surface area (Å²) in [7, 11) is 1.93. The summed E-state index contributed by atoms with van der Waals surface area (Å²) in [6.45, 7) is 5.24. The van der Waals surface area contributed by atoms with Gasteiger partial charge in [-0.05, 0) is 30.7 Å². The molecule has 0 saturated heterocycles. The molecule has 2 aromatic rings. The minimum atomic E-state index is -0.655. The Hall–Kier alpha value is -2.95. The number of halogens is 1. The number of hydrogen-bond acceptors (Lipinski definition) is 4. The Kier molecular flexibility index (Phi) is 4.87. The molecular weight excluding hydrogens is 345 g/mol. The van der Waals surface area contributed by atoms with Crippen molar-refractivity contribution in [2.45, 2.75) is 26.2 Å². The van der Waals surface area contributed by atoms with E-state index in [9.17, 15) is 14.0 Å². The molecule has 1 heterocycles. The minimum Gasteiger partial charge on any atom is -0.485 e. The topological polar surface area (TPSA) is 46.6 Å². The normalized spacial score (nSPS) is 16.3. The zero-order chi connectivity index (χ0) is 19.8. The average molecular weight is 367 g/mol. The summed E-state index contributed by atoms with van der Waals surface area (Å²) >= 11 is 0. The first-order valence-corrected chi connectivity index (χ1v) is 8.73. The van der Waals surface area contributed by atoms with Gasteiger partial charge in [-0.25, -0.2) is 4.39 Å². The van der Waals surface area contributed by atoms with Crippen molar-refractivity contribution in [2.24, 2.45) is 0 Å².